The van der Waals surface area contributed by atoms with Gasteiger partial charge in [-0.05, 0) is 59.7 Å². The van der Waals surface area contributed by atoms with Gasteiger partial charge in [0.15, 0.2) is 11.5 Å². The van der Waals surface area contributed by atoms with Gasteiger partial charge in [-0.25, -0.2) is 9.18 Å². The van der Waals surface area contributed by atoms with Crippen LogP contribution >= 0.6 is 0 Å². The Bertz CT molecular complexity index is 1150. The van der Waals surface area contributed by atoms with Crippen LogP contribution in [0.15, 0.2) is 66.7 Å². The molecule has 3 rings (SSSR count). The molecule has 0 aliphatic heterocycles. The van der Waals surface area contributed by atoms with Gasteiger partial charge >= 0.3 is 5.97 Å². The van der Waals surface area contributed by atoms with Crippen molar-refractivity contribution in [3.8, 4) is 23.3 Å². The van der Waals surface area contributed by atoms with E-state index in [0.29, 0.717) is 28.2 Å². The summed E-state index contributed by atoms with van der Waals surface area (Å²) in [5.74, 6) is -0.153. The highest BCUT2D eigenvalue weighted by Crippen LogP contribution is 2.31. The zero-order chi connectivity index (χ0) is 21.5. The number of methoxy groups -OCH3 is 2. The first-order valence-corrected chi connectivity index (χ1v) is 8.96. The lowest BCUT2D eigenvalue weighted by Gasteiger charge is -2.09. The second kappa shape index (κ2) is 9.39. The normalized spacial score (nSPS) is 10.8. The van der Waals surface area contributed by atoms with Gasteiger partial charge in [-0.3, -0.25) is 0 Å². The first kappa shape index (κ1) is 20.6. The van der Waals surface area contributed by atoms with E-state index in [9.17, 15) is 14.4 Å². The SMILES string of the molecule is COc1ccc(/C(C#N)=C\c2cccc(OC(=O)c3ccccc3F)c2)cc1OC. The van der Waals surface area contributed by atoms with Crippen molar-refractivity contribution in [3.05, 3.63) is 89.2 Å². The molecule has 3 aromatic carbocycles. The molecule has 0 aliphatic carbocycles. The Labute approximate surface area is 173 Å². The van der Waals surface area contributed by atoms with Crippen molar-refractivity contribution in [2.24, 2.45) is 0 Å². The summed E-state index contributed by atoms with van der Waals surface area (Å²) in [5, 5.41) is 9.61. The van der Waals surface area contributed by atoms with Gasteiger partial charge in [-0.2, -0.15) is 5.26 Å². The number of hydrogen-bond acceptors (Lipinski definition) is 5. The van der Waals surface area contributed by atoms with Crippen molar-refractivity contribution in [3.63, 3.8) is 0 Å². The third-order valence-corrected chi connectivity index (χ3v) is 4.29. The summed E-state index contributed by atoms with van der Waals surface area (Å²) in [6.45, 7) is 0. The molecule has 0 spiro atoms. The number of benzene rings is 3. The molecule has 5 nitrogen and oxygen atoms in total. The molecule has 0 saturated carbocycles. The molecular formula is C24H18FNO4. The van der Waals surface area contributed by atoms with E-state index in [1.54, 1.807) is 54.6 Å². The van der Waals surface area contributed by atoms with Crippen molar-refractivity contribution >= 4 is 17.6 Å². The summed E-state index contributed by atoms with van der Waals surface area (Å²) in [6, 6.07) is 19.5. The highest BCUT2D eigenvalue weighted by atomic mass is 19.1. The molecule has 0 fully saturated rings. The lowest BCUT2D eigenvalue weighted by molar-refractivity contribution is 0.0730. The Morgan fingerprint density at radius 3 is 2.43 bits per heavy atom. The summed E-state index contributed by atoms with van der Waals surface area (Å²) in [7, 11) is 3.05. The molecule has 0 heterocycles. The van der Waals surface area contributed by atoms with E-state index in [4.69, 9.17) is 14.2 Å². The molecule has 0 unspecified atom stereocenters. The molecule has 0 bridgehead atoms. The molecule has 0 aromatic heterocycles. The van der Waals surface area contributed by atoms with Gasteiger partial charge in [0.25, 0.3) is 0 Å². The van der Waals surface area contributed by atoms with E-state index >= 15 is 0 Å². The van der Waals surface area contributed by atoms with Gasteiger partial charge in [0.2, 0.25) is 0 Å². The maximum atomic E-state index is 13.8. The first-order chi connectivity index (χ1) is 14.5. The minimum Gasteiger partial charge on any atom is -0.493 e. The van der Waals surface area contributed by atoms with Crippen LogP contribution in [-0.2, 0) is 0 Å². The van der Waals surface area contributed by atoms with Gasteiger partial charge < -0.3 is 14.2 Å². The zero-order valence-corrected chi connectivity index (χ0v) is 16.4. The molecule has 0 atom stereocenters. The number of esters is 1. The van der Waals surface area contributed by atoms with Crippen molar-refractivity contribution in [2.45, 2.75) is 0 Å². The maximum Gasteiger partial charge on any atom is 0.346 e. The smallest absolute Gasteiger partial charge is 0.346 e. The third-order valence-electron chi connectivity index (χ3n) is 4.29. The summed E-state index contributed by atoms with van der Waals surface area (Å²) >= 11 is 0. The van der Waals surface area contributed by atoms with E-state index < -0.39 is 11.8 Å². The number of rotatable bonds is 6. The van der Waals surface area contributed by atoms with Gasteiger partial charge in [0, 0.05) is 0 Å². The average molecular weight is 403 g/mol. The molecular weight excluding hydrogens is 385 g/mol. The minimum atomic E-state index is -0.797. The number of halogens is 1. The fourth-order valence-corrected chi connectivity index (χ4v) is 2.81. The second-order valence-corrected chi connectivity index (χ2v) is 6.18. The van der Waals surface area contributed by atoms with Crippen LogP contribution in [0.1, 0.15) is 21.5 Å². The number of carbonyl (C=O) groups excluding carboxylic acids is 1. The van der Waals surface area contributed by atoms with Crippen LogP contribution in [0.3, 0.4) is 0 Å². The quantitative estimate of drug-likeness (QED) is 0.247. The minimum absolute atomic E-state index is 0.151. The Morgan fingerprint density at radius 1 is 0.967 bits per heavy atom. The summed E-state index contributed by atoms with van der Waals surface area (Å²) in [6.07, 6.45) is 1.65. The molecule has 0 amide bonds. The highest BCUT2D eigenvalue weighted by Gasteiger charge is 2.14. The monoisotopic (exact) mass is 403 g/mol. The topological polar surface area (TPSA) is 68.5 Å². The van der Waals surface area contributed by atoms with Gasteiger partial charge in [-0.1, -0.05) is 24.3 Å². The van der Waals surface area contributed by atoms with Crippen molar-refractivity contribution in [1.29, 1.82) is 5.26 Å². The molecule has 0 radical (unpaired) electrons. The average Bonchev–Trinajstić information content (AvgIpc) is 2.77. The van der Waals surface area contributed by atoms with Crippen LogP contribution in [0.2, 0.25) is 0 Å². The van der Waals surface area contributed by atoms with Gasteiger partial charge in [0.05, 0.1) is 31.4 Å². The van der Waals surface area contributed by atoms with Crippen molar-refractivity contribution in [2.75, 3.05) is 14.2 Å². The van der Waals surface area contributed by atoms with Crippen LogP contribution in [-0.4, -0.2) is 20.2 Å². The summed E-state index contributed by atoms with van der Waals surface area (Å²) in [5.41, 5.74) is 1.51. The number of hydrogen-bond donors (Lipinski definition) is 0. The standard InChI is InChI=1S/C24H18FNO4/c1-28-22-11-10-17(14-23(22)29-2)18(15-26)12-16-6-5-7-19(13-16)30-24(27)20-8-3-4-9-21(20)25/h3-14H,1-2H3/b18-12-. The lowest BCUT2D eigenvalue weighted by atomic mass is 10.0. The van der Waals surface area contributed by atoms with Crippen LogP contribution in [0.25, 0.3) is 11.6 Å². The van der Waals surface area contributed by atoms with E-state index in [1.807, 2.05) is 0 Å². The van der Waals surface area contributed by atoms with E-state index in [2.05, 4.69) is 6.07 Å². The molecule has 150 valence electrons. The van der Waals surface area contributed by atoms with Gasteiger partial charge in [-0.15, -0.1) is 0 Å². The lowest BCUT2D eigenvalue weighted by Crippen LogP contribution is -2.10. The van der Waals surface area contributed by atoms with Gasteiger partial charge in [0.1, 0.15) is 11.6 Å². The number of carbonyl (C=O) groups is 1. The number of nitriles is 1. The molecule has 0 saturated heterocycles. The molecule has 0 aliphatic rings. The van der Waals surface area contributed by atoms with Crippen LogP contribution in [0.4, 0.5) is 4.39 Å². The second-order valence-electron chi connectivity index (χ2n) is 6.18. The number of allylic oxidation sites excluding steroid dienone is 1. The highest BCUT2D eigenvalue weighted by molar-refractivity contribution is 5.92. The van der Waals surface area contributed by atoms with E-state index in [1.165, 1.54) is 32.4 Å². The Morgan fingerprint density at radius 2 is 1.73 bits per heavy atom. The maximum absolute atomic E-state index is 13.8. The van der Waals surface area contributed by atoms with Crippen LogP contribution < -0.4 is 14.2 Å². The fraction of sp³-hybridized carbons (Fsp3) is 0.0833. The van der Waals surface area contributed by atoms with Crippen molar-refractivity contribution < 1.29 is 23.4 Å². The van der Waals surface area contributed by atoms with E-state index in [0.717, 1.165) is 0 Å². The first-order valence-electron chi connectivity index (χ1n) is 8.96. The predicted molar refractivity (Wildman–Crippen MR) is 111 cm³/mol. The Hall–Kier alpha value is -4.11. The largest absolute Gasteiger partial charge is 0.493 e. The summed E-state index contributed by atoms with van der Waals surface area (Å²) < 4.78 is 29.6. The molecule has 0 N–H and O–H groups in total. The third kappa shape index (κ3) is 4.65. The molecule has 6 heteroatoms. The molecule has 3 aromatic rings. The Kier molecular flexibility index (Phi) is 6.46. The summed E-state index contributed by atoms with van der Waals surface area (Å²) in [4.78, 5) is 12.2. The number of nitrogens with zero attached hydrogens (tertiary/aromatic N) is 1. The number of ether oxygens (including phenoxy) is 3. The van der Waals surface area contributed by atoms with Crippen molar-refractivity contribution in [1.82, 2.24) is 0 Å². The van der Waals surface area contributed by atoms with E-state index in [-0.39, 0.29) is 11.3 Å². The Balaban J connectivity index is 1.87. The zero-order valence-electron chi connectivity index (χ0n) is 16.4. The predicted octanol–water partition coefficient (Wildman–Crippen LogP) is 5.13. The van der Waals surface area contributed by atoms with Crippen LogP contribution in [0.5, 0.6) is 17.2 Å². The fourth-order valence-electron chi connectivity index (χ4n) is 2.81. The molecule has 30 heavy (non-hydrogen) atoms. The van der Waals surface area contributed by atoms with Crippen LogP contribution in [0, 0.1) is 17.1 Å².